The van der Waals surface area contributed by atoms with Crippen molar-refractivity contribution in [3.63, 3.8) is 0 Å². The van der Waals surface area contributed by atoms with E-state index in [9.17, 15) is 4.79 Å². The Morgan fingerprint density at radius 2 is 1.89 bits per heavy atom. The largest absolute Gasteiger partial charge is 0.459 e. The summed E-state index contributed by atoms with van der Waals surface area (Å²) in [4.78, 5) is 11.5. The fourth-order valence-electron chi connectivity index (χ4n) is 1.34. The summed E-state index contributed by atoms with van der Waals surface area (Å²) in [6.45, 7) is 3.39. The zero-order chi connectivity index (χ0) is 13.6. The van der Waals surface area contributed by atoms with Crippen molar-refractivity contribution in [2.75, 3.05) is 33.0 Å². The van der Waals surface area contributed by atoms with Gasteiger partial charge >= 0.3 is 5.97 Å². The van der Waals surface area contributed by atoms with Gasteiger partial charge in [0.05, 0.1) is 26.4 Å². The number of aliphatic hydroxyl groups is 3. The molecular formula is C12H20O6. The lowest BCUT2D eigenvalue weighted by atomic mass is 9.84. The van der Waals surface area contributed by atoms with Gasteiger partial charge in [-0.1, -0.05) is 6.58 Å². The molecule has 0 bridgehead atoms. The molecule has 1 heterocycles. The van der Waals surface area contributed by atoms with Crippen molar-refractivity contribution in [3.8, 4) is 0 Å². The lowest BCUT2D eigenvalue weighted by molar-refractivity contribution is -0.139. The fourth-order valence-corrected chi connectivity index (χ4v) is 1.34. The first-order chi connectivity index (χ1) is 8.56. The minimum absolute atomic E-state index is 0.00756. The topological polar surface area (TPSA) is 99.5 Å². The molecule has 104 valence electrons. The van der Waals surface area contributed by atoms with E-state index in [0.29, 0.717) is 6.61 Å². The standard InChI is InChI=1S/C12H20O6/c1-9(11(16)18-5-10-4-17-10)2-3-12(6-13,7-14)8-15/h10,13-15H,1-8H2. The summed E-state index contributed by atoms with van der Waals surface area (Å²) in [6.07, 6.45) is 0.532. The number of epoxide rings is 1. The van der Waals surface area contributed by atoms with Gasteiger partial charge in [0.2, 0.25) is 0 Å². The van der Waals surface area contributed by atoms with E-state index < -0.39 is 11.4 Å². The molecule has 0 aromatic rings. The molecule has 0 aliphatic carbocycles. The average molecular weight is 260 g/mol. The normalized spacial score (nSPS) is 18.5. The number of carbonyl (C=O) groups is 1. The molecular weight excluding hydrogens is 240 g/mol. The van der Waals surface area contributed by atoms with Gasteiger partial charge in [0.15, 0.2) is 0 Å². The molecule has 1 aliphatic rings. The minimum atomic E-state index is -0.983. The van der Waals surface area contributed by atoms with Crippen LogP contribution in [0.2, 0.25) is 0 Å². The van der Waals surface area contributed by atoms with Gasteiger partial charge in [0.25, 0.3) is 0 Å². The smallest absolute Gasteiger partial charge is 0.333 e. The molecule has 1 rings (SSSR count). The first-order valence-electron chi connectivity index (χ1n) is 5.86. The van der Waals surface area contributed by atoms with E-state index in [1.165, 1.54) is 0 Å². The number of carbonyl (C=O) groups excluding carboxylic acids is 1. The third kappa shape index (κ3) is 4.38. The van der Waals surface area contributed by atoms with Crippen LogP contribution in [0.4, 0.5) is 0 Å². The van der Waals surface area contributed by atoms with Crippen molar-refractivity contribution in [1.29, 1.82) is 0 Å². The van der Waals surface area contributed by atoms with Crippen LogP contribution in [0, 0.1) is 5.41 Å². The third-order valence-electron chi connectivity index (χ3n) is 3.05. The Hall–Kier alpha value is -0.950. The van der Waals surface area contributed by atoms with Crippen molar-refractivity contribution in [2.24, 2.45) is 5.41 Å². The summed E-state index contributed by atoms with van der Waals surface area (Å²) in [5, 5.41) is 27.4. The van der Waals surface area contributed by atoms with Crippen molar-refractivity contribution in [1.82, 2.24) is 0 Å². The van der Waals surface area contributed by atoms with E-state index in [0.717, 1.165) is 0 Å². The van der Waals surface area contributed by atoms with Crippen LogP contribution in [0.15, 0.2) is 12.2 Å². The van der Waals surface area contributed by atoms with Gasteiger partial charge in [-0.2, -0.15) is 0 Å². The van der Waals surface area contributed by atoms with Crippen molar-refractivity contribution in [2.45, 2.75) is 18.9 Å². The molecule has 1 unspecified atom stereocenters. The van der Waals surface area contributed by atoms with Crippen LogP contribution in [0.5, 0.6) is 0 Å². The molecule has 1 fully saturated rings. The predicted octanol–water partition coefficient (Wildman–Crippen LogP) is -0.772. The quantitative estimate of drug-likeness (QED) is 0.286. The van der Waals surface area contributed by atoms with E-state index in [-0.39, 0.29) is 50.9 Å². The zero-order valence-corrected chi connectivity index (χ0v) is 10.3. The molecule has 1 aliphatic heterocycles. The Kier molecular flexibility index (Phi) is 5.74. The highest BCUT2D eigenvalue weighted by Gasteiger charge is 2.29. The Labute approximate surface area is 106 Å². The Morgan fingerprint density at radius 1 is 1.33 bits per heavy atom. The van der Waals surface area contributed by atoms with Gasteiger partial charge in [-0.3, -0.25) is 0 Å². The van der Waals surface area contributed by atoms with Crippen LogP contribution in [-0.2, 0) is 14.3 Å². The van der Waals surface area contributed by atoms with Crippen LogP contribution in [0.3, 0.4) is 0 Å². The first kappa shape index (κ1) is 15.1. The summed E-state index contributed by atoms with van der Waals surface area (Å²) in [6, 6.07) is 0. The van der Waals surface area contributed by atoms with Gasteiger partial charge < -0.3 is 24.8 Å². The lowest BCUT2D eigenvalue weighted by Crippen LogP contribution is -2.34. The maximum absolute atomic E-state index is 11.5. The summed E-state index contributed by atoms with van der Waals surface area (Å²) in [5.74, 6) is -0.506. The van der Waals surface area contributed by atoms with Crippen molar-refractivity contribution >= 4 is 5.97 Å². The van der Waals surface area contributed by atoms with Gasteiger partial charge in [0.1, 0.15) is 12.7 Å². The van der Waals surface area contributed by atoms with E-state index in [4.69, 9.17) is 24.8 Å². The Bertz CT molecular complexity index is 285. The van der Waals surface area contributed by atoms with Crippen LogP contribution < -0.4 is 0 Å². The molecule has 1 atom stereocenters. The average Bonchev–Trinajstić information content (AvgIpc) is 3.22. The summed E-state index contributed by atoms with van der Waals surface area (Å²) in [5.41, 5.74) is -0.724. The SMILES string of the molecule is C=C(CCC(CO)(CO)CO)C(=O)OCC1CO1. The molecule has 0 saturated carbocycles. The molecule has 0 spiro atoms. The summed E-state index contributed by atoms with van der Waals surface area (Å²) in [7, 11) is 0. The number of rotatable bonds is 9. The number of hydrogen-bond acceptors (Lipinski definition) is 6. The van der Waals surface area contributed by atoms with Gasteiger partial charge in [-0.25, -0.2) is 4.79 Å². The van der Waals surface area contributed by atoms with E-state index in [1.807, 2.05) is 0 Å². The highest BCUT2D eigenvalue weighted by molar-refractivity contribution is 5.87. The molecule has 0 aromatic carbocycles. The highest BCUT2D eigenvalue weighted by atomic mass is 16.6. The molecule has 3 N–H and O–H groups in total. The second-order valence-electron chi connectivity index (χ2n) is 4.63. The Balaban J connectivity index is 2.31. The molecule has 0 amide bonds. The molecule has 6 heteroatoms. The highest BCUT2D eigenvalue weighted by Crippen LogP contribution is 2.24. The number of ether oxygens (including phenoxy) is 2. The number of hydrogen-bond donors (Lipinski definition) is 3. The van der Waals surface area contributed by atoms with E-state index >= 15 is 0 Å². The monoisotopic (exact) mass is 260 g/mol. The molecule has 0 aromatic heterocycles. The fraction of sp³-hybridized carbons (Fsp3) is 0.750. The second-order valence-corrected chi connectivity index (χ2v) is 4.63. The number of aliphatic hydroxyl groups excluding tert-OH is 3. The van der Waals surface area contributed by atoms with Crippen LogP contribution in [-0.4, -0.2) is 60.4 Å². The summed E-state index contributed by atoms with van der Waals surface area (Å²) >= 11 is 0. The molecule has 6 nitrogen and oxygen atoms in total. The number of esters is 1. The minimum Gasteiger partial charge on any atom is -0.459 e. The van der Waals surface area contributed by atoms with Gasteiger partial charge in [-0.05, 0) is 12.8 Å². The van der Waals surface area contributed by atoms with Crippen molar-refractivity contribution < 1.29 is 29.6 Å². The van der Waals surface area contributed by atoms with Crippen LogP contribution in [0.25, 0.3) is 0 Å². The van der Waals surface area contributed by atoms with E-state index in [2.05, 4.69) is 6.58 Å². The molecule has 0 radical (unpaired) electrons. The molecule has 18 heavy (non-hydrogen) atoms. The van der Waals surface area contributed by atoms with Gasteiger partial charge in [-0.15, -0.1) is 0 Å². The van der Waals surface area contributed by atoms with E-state index in [1.54, 1.807) is 0 Å². The van der Waals surface area contributed by atoms with Gasteiger partial charge in [0, 0.05) is 11.0 Å². The zero-order valence-electron chi connectivity index (χ0n) is 10.3. The van der Waals surface area contributed by atoms with Crippen LogP contribution >= 0.6 is 0 Å². The second kappa shape index (κ2) is 6.84. The predicted molar refractivity (Wildman–Crippen MR) is 62.8 cm³/mol. The first-order valence-corrected chi connectivity index (χ1v) is 5.86. The van der Waals surface area contributed by atoms with Crippen LogP contribution in [0.1, 0.15) is 12.8 Å². The third-order valence-corrected chi connectivity index (χ3v) is 3.05. The Morgan fingerprint density at radius 3 is 2.33 bits per heavy atom. The van der Waals surface area contributed by atoms with Crippen molar-refractivity contribution in [3.05, 3.63) is 12.2 Å². The maximum Gasteiger partial charge on any atom is 0.333 e. The molecule has 1 saturated heterocycles. The lowest BCUT2D eigenvalue weighted by Gasteiger charge is -2.27. The maximum atomic E-state index is 11.5. The summed E-state index contributed by atoms with van der Waals surface area (Å²) < 4.78 is 9.84.